The van der Waals surface area contributed by atoms with E-state index < -0.39 is 22.2 Å². The molecule has 2 N–H and O–H groups in total. The smallest absolute Gasteiger partial charge is 0.259 e. The molecule has 9 heteroatoms. The molecule has 1 aliphatic rings. The predicted molar refractivity (Wildman–Crippen MR) is 79.1 cm³/mol. The van der Waals surface area contributed by atoms with Crippen LogP contribution in [-0.4, -0.2) is 67.4 Å². The van der Waals surface area contributed by atoms with Crippen molar-refractivity contribution in [2.75, 3.05) is 26.0 Å². The fourth-order valence-electron chi connectivity index (χ4n) is 2.32. The minimum Gasteiger partial charge on any atom is -0.477 e. The number of likely N-dealkylation sites (tertiary alicyclic amines) is 1. The van der Waals surface area contributed by atoms with Gasteiger partial charge in [-0.15, -0.1) is 0 Å². The van der Waals surface area contributed by atoms with Crippen LogP contribution < -0.4 is 9.46 Å². The second-order valence-electron chi connectivity index (χ2n) is 5.06. The minimum atomic E-state index is -3.46. The van der Waals surface area contributed by atoms with Gasteiger partial charge in [0.1, 0.15) is 5.56 Å². The van der Waals surface area contributed by atoms with Gasteiger partial charge < -0.3 is 14.7 Å². The molecular formula is C13H19N3O5S. The van der Waals surface area contributed by atoms with Crippen molar-refractivity contribution >= 4 is 15.9 Å². The molecule has 0 aliphatic carbocycles. The van der Waals surface area contributed by atoms with E-state index >= 15 is 0 Å². The molecule has 1 fully saturated rings. The van der Waals surface area contributed by atoms with Gasteiger partial charge in [0.25, 0.3) is 5.91 Å². The number of rotatable bonds is 5. The highest BCUT2D eigenvalue weighted by atomic mass is 32.2. The first-order chi connectivity index (χ1) is 10.3. The third-order valence-corrected chi connectivity index (χ3v) is 3.96. The van der Waals surface area contributed by atoms with Crippen LogP contribution in [0.25, 0.3) is 0 Å². The van der Waals surface area contributed by atoms with Gasteiger partial charge in [0.05, 0.1) is 25.0 Å². The van der Waals surface area contributed by atoms with Crippen LogP contribution in [0.3, 0.4) is 0 Å². The summed E-state index contributed by atoms with van der Waals surface area (Å²) in [5.74, 6) is -0.127. The van der Waals surface area contributed by atoms with E-state index in [0.717, 1.165) is 6.26 Å². The lowest BCUT2D eigenvalue weighted by molar-refractivity contribution is 0.0760. The Morgan fingerprint density at radius 2 is 2.27 bits per heavy atom. The normalized spacial score (nSPS) is 21.9. The molecule has 1 aliphatic heterocycles. The number of carbonyl (C=O) groups excluding carboxylic acids is 1. The van der Waals surface area contributed by atoms with Gasteiger partial charge in [0, 0.05) is 19.3 Å². The second-order valence-corrected chi connectivity index (χ2v) is 6.84. The Morgan fingerprint density at radius 3 is 2.91 bits per heavy atom. The zero-order chi connectivity index (χ0) is 16.3. The molecule has 2 heterocycles. The summed E-state index contributed by atoms with van der Waals surface area (Å²) in [6.45, 7) is 2.30. The number of carbonyl (C=O) groups is 1. The molecule has 0 bridgehead atoms. The number of nitrogens with one attached hydrogen (secondary N) is 1. The van der Waals surface area contributed by atoms with Gasteiger partial charge in [-0.25, -0.2) is 18.1 Å². The Bertz CT molecular complexity index is 649. The number of amides is 1. The van der Waals surface area contributed by atoms with Crippen LogP contribution in [0.15, 0.2) is 18.3 Å². The number of aromatic nitrogens is 1. The van der Waals surface area contributed by atoms with Gasteiger partial charge in [-0.05, 0) is 19.1 Å². The van der Waals surface area contributed by atoms with Crippen LogP contribution in [0.2, 0.25) is 0 Å². The van der Waals surface area contributed by atoms with Crippen molar-refractivity contribution in [1.82, 2.24) is 14.6 Å². The highest BCUT2D eigenvalue weighted by Gasteiger charge is 2.36. The Balaban J connectivity index is 2.15. The van der Waals surface area contributed by atoms with Crippen LogP contribution >= 0.6 is 0 Å². The average molecular weight is 329 g/mol. The van der Waals surface area contributed by atoms with Crippen molar-refractivity contribution in [2.24, 2.45) is 0 Å². The predicted octanol–water partition coefficient (Wildman–Crippen LogP) is -0.785. The fourth-order valence-corrected chi connectivity index (χ4v) is 3.10. The maximum atomic E-state index is 12.5. The molecule has 1 amide bonds. The van der Waals surface area contributed by atoms with E-state index in [-0.39, 0.29) is 30.4 Å². The molecule has 2 atom stereocenters. The number of hydrogen-bond donors (Lipinski definition) is 2. The molecule has 0 saturated carbocycles. The standard InChI is InChI=1S/C13H19N3O5S/c1-3-21-12-9(5-4-6-14-12)13(18)16-7-10(11(17)8-16)15-22(2,19)20/h4-6,10-11,15,17H,3,7-8H2,1-2H3/t10-,11-/m1/s1. The molecular weight excluding hydrogens is 310 g/mol. The van der Waals surface area contributed by atoms with Crippen molar-refractivity contribution in [2.45, 2.75) is 19.1 Å². The monoisotopic (exact) mass is 329 g/mol. The minimum absolute atomic E-state index is 0.0481. The summed E-state index contributed by atoms with van der Waals surface area (Å²) in [7, 11) is -3.46. The number of sulfonamides is 1. The number of aliphatic hydroxyl groups excluding tert-OH is 1. The second kappa shape index (κ2) is 6.59. The lowest BCUT2D eigenvalue weighted by Gasteiger charge is -2.17. The van der Waals surface area contributed by atoms with Crippen LogP contribution in [0.5, 0.6) is 5.88 Å². The third kappa shape index (κ3) is 3.93. The van der Waals surface area contributed by atoms with E-state index in [4.69, 9.17) is 4.74 Å². The Kier molecular flexibility index (Phi) is 4.99. The number of β-amino-alcohol motifs (C(OH)–C–C–N with tert-alkyl or cyclic N) is 1. The number of ether oxygens (including phenoxy) is 1. The Morgan fingerprint density at radius 1 is 1.55 bits per heavy atom. The molecule has 0 unspecified atom stereocenters. The number of aliphatic hydroxyl groups is 1. The van der Waals surface area contributed by atoms with Gasteiger partial charge in [-0.3, -0.25) is 4.79 Å². The van der Waals surface area contributed by atoms with Gasteiger partial charge in [-0.1, -0.05) is 0 Å². The highest BCUT2D eigenvalue weighted by Crippen LogP contribution is 2.20. The van der Waals surface area contributed by atoms with Crippen molar-refractivity contribution < 1.29 is 23.1 Å². The fraction of sp³-hybridized carbons (Fsp3) is 0.538. The van der Waals surface area contributed by atoms with Crippen molar-refractivity contribution in [3.8, 4) is 5.88 Å². The first-order valence-electron chi connectivity index (χ1n) is 6.84. The average Bonchev–Trinajstić information content (AvgIpc) is 2.78. The van der Waals surface area contributed by atoms with Crippen LogP contribution in [0.4, 0.5) is 0 Å². The SMILES string of the molecule is CCOc1ncccc1C(=O)N1C[C@@H](O)[C@H](NS(C)(=O)=O)C1. The molecule has 1 aromatic rings. The summed E-state index contributed by atoms with van der Waals surface area (Å²) in [5.41, 5.74) is 0.288. The molecule has 122 valence electrons. The first kappa shape index (κ1) is 16.7. The van der Waals surface area contributed by atoms with E-state index in [1.165, 1.54) is 11.1 Å². The summed E-state index contributed by atoms with van der Waals surface area (Å²) in [5, 5.41) is 9.92. The summed E-state index contributed by atoms with van der Waals surface area (Å²) >= 11 is 0. The van der Waals surface area contributed by atoms with E-state index in [9.17, 15) is 18.3 Å². The number of pyridine rings is 1. The van der Waals surface area contributed by atoms with Crippen LogP contribution in [0.1, 0.15) is 17.3 Å². The summed E-state index contributed by atoms with van der Waals surface area (Å²) in [6.07, 6.45) is 1.58. The van der Waals surface area contributed by atoms with Crippen LogP contribution in [0, 0.1) is 0 Å². The summed E-state index contributed by atoms with van der Waals surface area (Å²) < 4.78 is 30.2. The molecule has 1 aromatic heterocycles. The highest BCUT2D eigenvalue weighted by molar-refractivity contribution is 7.88. The van der Waals surface area contributed by atoms with Crippen LogP contribution in [-0.2, 0) is 10.0 Å². The van der Waals surface area contributed by atoms with Crippen molar-refractivity contribution in [1.29, 1.82) is 0 Å². The molecule has 0 spiro atoms. The largest absolute Gasteiger partial charge is 0.477 e. The third-order valence-electron chi connectivity index (χ3n) is 3.22. The van der Waals surface area contributed by atoms with Crippen molar-refractivity contribution in [3.05, 3.63) is 23.9 Å². The van der Waals surface area contributed by atoms with E-state index in [2.05, 4.69) is 9.71 Å². The number of nitrogens with zero attached hydrogens (tertiary/aromatic N) is 2. The quantitative estimate of drug-likeness (QED) is 0.733. The zero-order valence-electron chi connectivity index (χ0n) is 12.4. The molecule has 2 rings (SSSR count). The van der Waals surface area contributed by atoms with E-state index in [1.807, 2.05) is 0 Å². The van der Waals surface area contributed by atoms with Gasteiger partial charge in [0.15, 0.2) is 0 Å². The first-order valence-corrected chi connectivity index (χ1v) is 8.73. The molecule has 0 radical (unpaired) electrons. The lowest BCUT2D eigenvalue weighted by atomic mass is 10.2. The molecule has 0 aromatic carbocycles. The maximum Gasteiger partial charge on any atom is 0.259 e. The maximum absolute atomic E-state index is 12.5. The van der Waals surface area contributed by atoms with Gasteiger partial charge >= 0.3 is 0 Å². The van der Waals surface area contributed by atoms with Gasteiger partial charge in [0.2, 0.25) is 15.9 Å². The van der Waals surface area contributed by atoms with Gasteiger partial charge in [-0.2, -0.15) is 0 Å². The van der Waals surface area contributed by atoms with E-state index in [0.29, 0.717) is 6.61 Å². The summed E-state index contributed by atoms with van der Waals surface area (Å²) in [4.78, 5) is 17.9. The van der Waals surface area contributed by atoms with E-state index in [1.54, 1.807) is 19.1 Å². The molecule has 1 saturated heterocycles. The Hall–Kier alpha value is -1.71. The zero-order valence-corrected chi connectivity index (χ0v) is 13.2. The molecule has 22 heavy (non-hydrogen) atoms. The molecule has 8 nitrogen and oxygen atoms in total. The Labute approximate surface area is 129 Å². The summed E-state index contributed by atoms with van der Waals surface area (Å²) in [6, 6.07) is 2.49. The number of hydrogen-bond acceptors (Lipinski definition) is 6. The lowest BCUT2D eigenvalue weighted by Crippen LogP contribution is -2.42. The topological polar surface area (TPSA) is 109 Å². The van der Waals surface area contributed by atoms with Crippen molar-refractivity contribution in [3.63, 3.8) is 0 Å².